The van der Waals surface area contributed by atoms with Crippen molar-refractivity contribution < 1.29 is 0 Å². The van der Waals surface area contributed by atoms with Crippen molar-refractivity contribution in [3.05, 3.63) is 219 Å². The van der Waals surface area contributed by atoms with Crippen LogP contribution in [0.25, 0.3) is 129 Å². The number of pyridine rings is 1. The van der Waals surface area contributed by atoms with Crippen LogP contribution in [0.2, 0.25) is 0 Å². The quantitative estimate of drug-likeness (QED) is 0.167. The number of fused-ring (bicyclic) bond motifs is 10. The fraction of sp³-hybridized carbons (Fsp3) is 0. The first-order valence-corrected chi connectivity index (χ1v) is 23.8. The Hall–Kier alpha value is -8.16. The summed E-state index contributed by atoms with van der Waals surface area (Å²) >= 11 is 3.72. The highest BCUT2D eigenvalue weighted by Crippen LogP contribution is 2.42. The summed E-state index contributed by atoms with van der Waals surface area (Å²) in [5.74, 6) is 0.907. The van der Waals surface area contributed by atoms with Gasteiger partial charge in [-0.1, -0.05) is 97.1 Å². The normalized spacial score (nSPS) is 11.9. The van der Waals surface area contributed by atoms with E-state index in [1.165, 1.54) is 84.4 Å². The lowest BCUT2D eigenvalue weighted by Crippen LogP contribution is -1.99. The predicted octanol–water partition coefficient (Wildman–Crippen LogP) is 16.9. The van der Waals surface area contributed by atoms with Gasteiger partial charge in [-0.15, -0.1) is 22.7 Å². The Balaban J connectivity index is 0.919. The smallest absolute Gasteiger partial charge is 0.145 e. The maximum absolute atomic E-state index is 5.19. The van der Waals surface area contributed by atoms with Crippen molar-refractivity contribution in [1.82, 2.24) is 19.1 Å². The number of imidazole rings is 1. The standard InChI is InChI=1S/C60H36N4S2/c1-5-11-56-46(7-1)50-35-42(19-27-58(50)65-56)40-17-25-53-48(33-40)49-34-41(43-20-28-59-51(36-43)47-8-2-6-12-57(47)66-59)18-26-54(49)63(53)44-21-23-45(24-22-44)64-55-10-4-3-9-52(55)62-60(64)39-15-13-37(14-16-39)38-29-31-61-32-30-38/h1-36H. The molecule has 0 unspecified atom stereocenters. The molecule has 14 aromatic rings. The van der Waals surface area contributed by atoms with Gasteiger partial charge >= 0.3 is 0 Å². The third-order valence-corrected chi connectivity index (χ3v) is 15.6. The van der Waals surface area contributed by atoms with Gasteiger partial charge in [0.15, 0.2) is 0 Å². The van der Waals surface area contributed by atoms with Crippen molar-refractivity contribution >= 4 is 95.9 Å². The van der Waals surface area contributed by atoms with E-state index in [0.717, 1.165) is 44.9 Å². The van der Waals surface area contributed by atoms with E-state index in [9.17, 15) is 0 Å². The molecule has 5 heterocycles. The van der Waals surface area contributed by atoms with Crippen LogP contribution in [0.15, 0.2) is 219 Å². The summed E-state index contributed by atoms with van der Waals surface area (Å²) < 4.78 is 9.99. The van der Waals surface area contributed by atoms with Crippen molar-refractivity contribution in [3.8, 4) is 56.1 Å². The Morgan fingerprint density at radius 3 is 1.33 bits per heavy atom. The molecule has 0 aliphatic heterocycles. The molecule has 0 saturated heterocycles. The van der Waals surface area contributed by atoms with Gasteiger partial charge in [0.05, 0.1) is 22.1 Å². The number of benzene rings is 9. The van der Waals surface area contributed by atoms with Crippen LogP contribution in [-0.4, -0.2) is 19.1 Å². The van der Waals surface area contributed by atoms with E-state index in [1.807, 2.05) is 47.2 Å². The Morgan fingerprint density at radius 2 is 0.742 bits per heavy atom. The third kappa shape index (κ3) is 5.89. The topological polar surface area (TPSA) is 35.6 Å². The monoisotopic (exact) mass is 876 g/mol. The zero-order valence-corrected chi connectivity index (χ0v) is 37.0. The highest BCUT2D eigenvalue weighted by Gasteiger charge is 2.19. The number of hydrogen-bond acceptors (Lipinski definition) is 4. The first kappa shape index (κ1) is 37.2. The van der Waals surface area contributed by atoms with Gasteiger partial charge < -0.3 is 4.57 Å². The van der Waals surface area contributed by atoms with E-state index in [4.69, 9.17) is 4.98 Å². The summed E-state index contributed by atoms with van der Waals surface area (Å²) in [5, 5.41) is 7.70. The molecule has 0 radical (unpaired) electrons. The lowest BCUT2D eigenvalue weighted by atomic mass is 9.98. The molecule has 0 spiro atoms. The van der Waals surface area contributed by atoms with Crippen molar-refractivity contribution in [2.45, 2.75) is 0 Å². The van der Waals surface area contributed by atoms with E-state index in [2.05, 4.69) is 208 Å². The van der Waals surface area contributed by atoms with E-state index < -0.39 is 0 Å². The number of thiophene rings is 2. The van der Waals surface area contributed by atoms with Gasteiger partial charge in [-0.2, -0.15) is 0 Å². The first-order chi connectivity index (χ1) is 32.7. The maximum atomic E-state index is 5.19. The lowest BCUT2D eigenvalue weighted by Gasteiger charge is -2.13. The van der Waals surface area contributed by atoms with Crippen LogP contribution in [0.4, 0.5) is 0 Å². The molecule has 0 aliphatic rings. The maximum Gasteiger partial charge on any atom is 0.145 e. The lowest BCUT2D eigenvalue weighted by molar-refractivity contribution is 1.09. The van der Waals surface area contributed by atoms with Crippen LogP contribution in [0.5, 0.6) is 0 Å². The van der Waals surface area contributed by atoms with Crippen LogP contribution in [0.1, 0.15) is 0 Å². The van der Waals surface area contributed by atoms with Crippen molar-refractivity contribution in [3.63, 3.8) is 0 Å². The number of rotatable bonds is 6. The van der Waals surface area contributed by atoms with E-state index in [0.29, 0.717) is 0 Å². The van der Waals surface area contributed by atoms with Gasteiger partial charge in [-0.25, -0.2) is 4.98 Å². The molecule has 0 saturated carbocycles. The summed E-state index contributed by atoms with van der Waals surface area (Å²) in [5.41, 5.74) is 14.7. The molecular weight excluding hydrogens is 841 g/mol. The molecule has 6 heteroatoms. The zero-order valence-electron chi connectivity index (χ0n) is 35.4. The van der Waals surface area contributed by atoms with Crippen LogP contribution in [0, 0.1) is 0 Å². The Bertz CT molecular complexity index is 4040. The van der Waals surface area contributed by atoms with Crippen molar-refractivity contribution in [2.75, 3.05) is 0 Å². The average Bonchev–Trinajstić information content (AvgIpc) is 4.15. The first-order valence-electron chi connectivity index (χ1n) is 22.2. The van der Waals surface area contributed by atoms with Crippen LogP contribution >= 0.6 is 22.7 Å². The molecule has 0 amide bonds. The van der Waals surface area contributed by atoms with Crippen molar-refractivity contribution in [1.29, 1.82) is 0 Å². The average molecular weight is 877 g/mol. The van der Waals surface area contributed by atoms with Crippen molar-refractivity contribution in [2.24, 2.45) is 0 Å². The van der Waals surface area contributed by atoms with E-state index in [-0.39, 0.29) is 0 Å². The number of aromatic nitrogens is 4. The Kier molecular flexibility index (Phi) is 8.29. The van der Waals surface area contributed by atoms with Crippen LogP contribution < -0.4 is 0 Å². The fourth-order valence-corrected chi connectivity index (χ4v) is 12.2. The zero-order chi connectivity index (χ0) is 43.3. The summed E-state index contributed by atoms with van der Waals surface area (Å²) in [6.45, 7) is 0. The largest absolute Gasteiger partial charge is 0.309 e. The molecule has 66 heavy (non-hydrogen) atoms. The molecule has 4 nitrogen and oxygen atoms in total. The molecule has 9 aromatic carbocycles. The number of nitrogens with zero attached hydrogens (tertiary/aromatic N) is 4. The molecule has 0 N–H and O–H groups in total. The Labute approximate surface area is 387 Å². The summed E-state index contributed by atoms with van der Waals surface area (Å²) in [6, 6.07) is 75.6. The number of hydrogen-bond donors (Lipinski definition) is 0. The summed E-state index contributed by atoms with van der Waals surface area (Å²) in [7, 11) is 0. The predicted molar refractivity (Wildman–Crippen MR) is 281 cm³/mol. The van der Waals surface area contributed by atoms with Gasteiger partial charge in [0.2, 0.25) is 0 Å². The third-order valence-electron chi connectivity index (χ3n) is 13.3. The minimum atomic E-state index is 0.907. The molecule has 0 aliphatic carbocycles. The van der Waals surface area contributed by atoms with Gasteiger partial charge in [-0.3, -0.25) is 9.55 Å². The van der Waals surface area contributed by atoms with Gasteiger partial charge in [0, 0.05) is 80.4 Å². The van der Waals surface area contributed by atoms with Gasteiger partial charge in [-0.05, 0) is 143 Å². The SMILES string of the molecule is c1ccc2c(c1)nc(-c1ccc(-c3ccncc3)cc1)n2-c1ccc(-n2c3ccc(-c4ccc5sc6ccccc6c5c4)cc3c3cc(-c4ccc5sc6ccccc6c5c4)ccc32)cc1. The molecule has 14 rings (SSSR count). The van der Waals surface area contributed by atoms with Gasteiger partial charge in [0.1, 0.15) is 5.82 Å². The Morgan fingerprint density at radius 1 is 0.303 bits per heavy atom. The molecule has 308 valence electrons. The van der Waals surface area contributed by atoms with Crippen LogP contribution in [0.3, 0.4) is 0 Å². The van der Waals surface area contributed by atoms with E-state index in [1.54, 1.807) is 0 Å². The highest BCUT2D eigenvalue weighted by molar-refractivity contribution is 7.26. The van der Waals surface area contributed by atoms with Gasteiger partial charge in [0.25, 0.3) is 0 Å². The minimum Gasteiger partial charge on any atom is -0.309 e. The van der Waals surface area contributed by atoms with Crippen LogP contribution in [-0.2, 0) is 0 Å². The summed E-state index contributed by atoms with van der Waals surface area (Å²) in [6.07, 6.45) is 3.67. The van der Waals surface area contributed by atoms with E-state index >= 15 is 0 Å². The highest BCUT2D eigenvalue weighted by atomic mass is 32.1. The molecule has 5 aromatic heterocycles. The minimum absolute atomic E-state index is 0.907. The molecule has 0 bridgehead atoms. The fourth-order valence-electron chi connectivity index (χ4n) is 10.1. The molecule has 0 atom stereocenters. The summed E-state index contributed by atoms with van der Waals surface area (Å²) in [4.78, 5) is 9.39. The second-order valence-corrected chi connectivity index (χ2v) is 19.2. The second-order valence-electron chi connectivity index (χ2n) is 17.0. The molecular formula is C60H36N4S2. The molecule has 0 fully saturated rings. The second kappa shape index (κ2) is 14.7. The number of para-hydroxylation sites is 2.